The van der Waals surface area contributed by atoms with E-state index in [0.29, 0.717) is 11.6 Å². The highest BCUT2D eigenvalue weighted by molar-refractivity contribution is 5.76. The number of anilines is 1. The molecule has 4 N–H and O–H groups in total. The third-order valence-electron chi connectivity index (χ3n) is 3.48. The van der Waals surface area contributed by atoms with Gasteiger partial charge in [0.2, 0.25) is 0 Å². The highest BCUT2D eigenvalue weighted by Gasteiger charge is 2.16. The summed E-state index contributed by atoms with van der Waals surface area (Å²) in [5.74, 6) is 7.22. The Kier molecular flexibility index (Phi) is 3.14. The molecule has 0 saturated carbocycles. The maximum atomic E-state index is 6.15. The van der Waals surface area contributed by atoms with Gasteiger partial charge in [-0.1, -0.05) is 47.5 Å². The second kappa shape index (κ2) is 4.98. The van der Waals surface area contributed by atoms with E-state index in [1.807, 2.05) is 30.3 Å². The summed E-state index contributed by atoms with van der Waals surface area (Å²) in [7, 11) is 0. The summed E-state index contributed by atoms with van der Waals surface area (Å²) in [4.78, 5) is 4.64. The van der Waals surface area contributed by atoms with Crippen molar-refractivity contribution in [2.75, 3.05) is 11.6 Å². The van der Waals surface area contributed by atoms with Crippen molar-refractivity contribution in [1.29, 1.82) is 0 Å². The first kappa shape index (κ1) is 13.2. The average Bonchev–Trinajstić information content (AvgIpc) is 2.75. The molecular weight excluding hydrogens is 260 g/mol. The topological polar surface area (TPSA) is 69.9 Å². The second-order valence-corrected chi connectivity index (χ2v) is 5.28. The second-order valence-electron chi connectivity index (χ2n) is 5.28. The Morgan fingerprint density at radius 1 is 0.905 bits per heavy atom. The van der Waals surface area contributed by atoms with Gasteiger partial charge in [-0.2, -0.15) is 0 Å². The largest absolute Gasteiger partial charge is 0.382 e. The van der Waals surface area contributed by atoms with Crippen molar-refractivity contribution < 1.29 is 0 Å². The van der Waals surface area contributed by atoms with Crippen LogP contribution < -0.4 is 11.6 Å². The monoisotopic (exact) mass is 278 g/mol. The zero-order chi connectivity index (χ0) is 15.0. The summed E-state index contributed by atoms with van der Waals surface area (Å²) in [5.41, 5.74) is 11.2. The molecule has 4 nitrogen and oxygen atoms in total. The standard InChI is InChI=1S/C17H18N4/c1-11-8-12(2)10-14(9-11)15-16(18)21(19)17(20-15)13-6-4-3-5-7-13/h3-10H,18-19H2,1-2H3. The third kappa shape index (κ3) is 2.36. The van der Waals surface area contributed by atoms with Crippen LogP contribution in [0.3, 0.4) is 0 Å². The normalized spacial score (nSPS) is 10.8. The van der Waals surface area contributed by atoms with E-state index in [1.54, 1.807) is 0 Å². The summed E-state index contributed by atoms with van der Waals surface area (Å²) < 4.78 is 1.45. The highest BCUT2D eigenvalue weighted by atomic mass is 15.4. The fraction of sp³-hybridized carbons (Fsp3) is 0.118. The Morgan fingerprint density at radius 2 is 1.52 bits per heavy atom. The molecule has 0 bridgehead atoms. The number of rotatable bonds is 2. The number of hydrogen-bond acceptors (Lipinski definition) is 3. The van der Waals surface area contributed by atoms with Crippen LogP contribution in [0.4, 0.5) is 5.82 Å². The molecule has 0 fully saturated rings. The van der Waals surface area contributed by atoms with Crippen LogP contribution in [0, 0.1) is 13.8 Å². The van der Waals surface area contributed by atoms with Crippen molar-refractivity contribution in [2.24, 2.45) is 0 Å². The minimum Gasteiger partial charge on any atom is -0.382 e. The lowest BCUT2D eigenvalue weighted by Crippen LogP contribution is -2.13. The lowest BCUT2D eigenvalue weighted by molar-refractivity contribution is 1.02. The zero-order valence-electron chi connectivity index (χ0n) is 12.2. The summed E-state index contributed by atoms with van der Waals surface area (Å²) in [6.45, 7) is 4.12. The number of nitrogen functional groups attached to an aromatic ring is 2. The van der Waals surface area contributed by atoms with Gasteiger partial charge in [-0.15, -0.1) is 0 Å². The van der Waals surface area contributed by atoms with E-state index in [2.05, 4.69) is 37.0 Å². The van der Waals surface area contributed by atoms with Crippen molar-refractivity contribution in [3.05, 3.63) is 59.7 Å². The van der Waals surface area contributed by atoms with Gasteiger partial charge in [0.25, 0.3) is 0 Å². The highest BCUT2D eigenvalue weighted by Crippen LogP contribution is 2.30. The van der Waals surface area contributed by atoms with Crippen molar-refractivity contribution in [3.63, 3.8) is 0 Å². The molecule has 1 aromatic heterocycles. The molecule has 0 unspecified atom stereocenters. The van der Waals surface area contributed by atoms with Crippen LogP contribution in [0.5, 0.6) is 0 Å². The molecule has 21 heavy (non-hydrogen) atoms. The van der Waals surface area contributed by atoms with E-state index < -0.39 is 0 Å². The molecule has 106 valence electrons. The predicted molar refractivity (Wildman–Crippen MR) is 87.1 cm³/mol. The van der Waals surface area contributed by atoms with Crippen LogP contribution in [0.1, 0.15) is 11.1 Å². The van der Waals surface area contributed by atoms with Gasteiger partial charge in [0, 0.05) is 11.1 Å². The molecule has 1 heterocycles. The summed E-state index contributed by atoms with van der Waals surface area (Å²) in [6.07, 6.45) is 0. The minimum atomic E-state index is 0.471. The number of aromatic nitrogens is 2. The first-order chi connectivity index (χ1) is 10.1. The van der Waals surface area contributed by atoms with E-state index in [-0.39, 0.29) is 0 Å². The van der Waals surface area contributed by atoms with Gasteiger partial charge in [0.05, 0.1) is 0 Å². The predicted octanol–water partition coefficient (Wildman–Crippen LogP) is 3.13. The zero-order valence-corrected chi connectivity index (χ0v) is 12.2. The molecule has 0 aliphatic rings. The van der Waals surface area contributed by atoms with Crippen LogP contribution in [0.2, 0.25) is 0 Å². The number of aryl methyl sites for hydroxylation is 2. The SMILES string of the molecule is Cc1cc(C)cc(-c2nc(-c3ccccc3)n(N)c2N)c1. The Hall–Kier alpha value is -2.75. The van der Waals surface area contributed by atoms with Gasteiger partial charge >= 0.3 is 0 Å². The van der Waals surface area contributed by atoms with Crippen molar-refractivity contribution in [1.82, 2.24) is 9.66 Å². The van der Waals surface area contributed by atoms with Gasteiger partial charge in [0.1, 0.15) is 5.69 Å². The summed E-state index contributed by atoms with van der Waals surface area (Å²) in [6, 6.07) is 16.1. The van der Waals surface area contributed by atoms with Gasteiger partial charge < -0.3 is 11.6 Å². The van der Waals surface area contributed by atoms with E-state index in [4.69, 9.17) is 11.6 Å². The van der Waals surface area contributed by atoms with E-state index in [9.17, 15) is 0 Å². The first-order valence-electron chi connectivity index (χ1n) is 6.83. The number of benzene rings is 2. The number of imidazole rings is 1. The van der Waals surface area contributed by atoms with Crippen LogP contribution in [0.15, 0.2) is 48.5 Å². The summed E-state index contributed by atoms with van der Waals surface area (Å²) >= 11 is 0. The first-order valence-corrected chi connectivity index (χ1v) is 6.83. The minimum absolute atomic E-state index is 0.471. The Morgan fingerprint density at radius 3 is 2.14 bits per heavy atom. The molecule has 4 heteroatoms. The van der Waals surface area contributed by atoms with E-state index in [1.165, 1.54) is 15.8 Å². The smallest absolute Gasteiger partial charge is 0.160 e. The van der Waals surface area contributed by atoms with Gasteiger partial charge in [-0.05, 0) is 26.0 Å². The molecular formula is C17H18N4. The molecule has 0 radical (unpaired) electrons. The molecule has 3 aromatic rings. The molecule has 0 spiro atoms. The fourth-order valence-electron chi connectivity index (χ4n) is 2.56. The quantitative estimate of drug-likeness (QED) is 0.707. The van der Waals surface area contributed by atoms with Crippen molar-refractivity contribution in [3.8, 4) is 22.6 Å². The van der Waals surface area contributed by atoms with Crippen molar-refractivity contribution in [2.45, 2.75) is 13.8 Å². The van der Waals surface area contributed by atoms with E-state index in [0.717, 1.165) is 16.8 Å². The Bertz CT molecular complexity index is 768. The number of hydrogen-bond donors (Lipinski definition) is 2. The lowest BCUT2D eigenvalue weighted by Gasteiger charge is -2.04. The van der Waals surface area contributed by atoms with Gasteiger partial charge in [-0.3, -0.25) is 0 Å². The van der Waals surface area contributed by atoms with E-state index >= 15 is 0 Å². The van der Waals surface area contributed by atoms with Crippen molar-refractivity contribution >= 4 is 5.82 Å². The maximum Gasteiger partial charge on any atom is 0.160 e. The lowest BCUT2D eigenvalue weighted by atomic mass is 10.1. The van der Waals surface area contributed by atoms with Crippen LogP contribution in [-0.4, -0.2) is 9.66 Å². The van der Waals surface area contributed by atoms with Crippen LogP contribution >= 0.6 is 0 Å². The van der Waals surface area contributed by atoms with Crippen LogP contribution in [0.25, 0.3) is 22.6 Å². The molecule has 0 amide bonds. The molecule has 2 aromatic carbocycles. The summed E-state index contributed by atoms with van der Waals surface area (Å²) in [5, 5.41) is 0. The Labute approximate surface area is 124 Å². The Balaban J connectivity index is 2.17. The molecule has 0 aliphatic carbocycles. The maximum absolute atomic E-state index is 6.15. The number of nitrogens with zero attached hydrogens (tertiary/aromatic N) is 2. The van der Waals surface area contributed by atoms with Crippen LogP contribution in [-0.2, 0) is 0 Å². The molecule has 3 rings (SSSR count). The molecule has 0 aliphatic heterocycles. The van der Waals surface area contributed by atoms with Gasteiger partial charge in [-0.25, -0.2) is 9.66 Å². The molecule has 0 atom stereocenters. The molecule has 0 saturated heterocycles. The van der Waals surface area contributed by atoms with Gasteiger partial charge in [0.15, 0.2) is 11.6 Å². The number of nitrogens with two attached hydrogens (primary N) is 2. The fourth-order valence-corrected chi connectivity index (χ4v) is 2.56. The third-order valence-corrected chi connectivity index (χ3v) is 3.48. The average molecular weight is 278 g/mol.